The van der Waals surface area contributed by atoms with Crippen molar-refractivity contribution in [1.29, 1.82) is 0 Å². The lowest BCUT2D eigenvalue weighted by atomic mass is 9.91. The lowest BCUT2D eigenvalue weighted by molar-refractivity contribution is -0.384. The third-order valence-corrected chi connectivity index (χ3v) is 8.54. The van der Waals surface area contributed by atoms with E-state index in [0.29, 0.717) is 0 Å². The van der Waals surface area contributed by atoms with E-state index in [4.69, 9.17) is 33.2 Å². The Hall–Kier alpha value is -0.800. The summed E-state index contributed by atoms with van der Waals surface area (Å²) in [5.41, 5.74) is 0. The number of rotatable bonds is 10. The molecule has 0 radical (unpaired) electrons. The summed E-state index contributed by atoms with van der Waals surface area (Å²) < 4.78 is 38.6. The minimum Gasteiger partial charge on any atom is -0.394 e. The van der Waals surface area contributed by atoms with Crippen LogP contribution in [0.25, 0.3) is 0 Å². The zero-order chi connectivity index (χ0) is 33.3. The first-order valence-corrected chi connectivity index (χ1v) is 14.4. The fourth-order valence-electron chi connectivity index (χ4n) is 5.73. The largest absolute Gasteiger partial charge is 0.394 e. The lowest BCUT2D eigenvalue weighted by Crippen LogP contribution is -2.66. The molecule has 0 aromatic heterocycles. The third kappa shape index (κ3) is 7.45. The second-order valence-electron chi connectivity index (χ2n) is 11.5. The summed E-state index contributed by atoms with van der Waals surface area (Å²) in [6.07, 6.45) is -31.2. The Kier molecular flexibility index (Phi) is 12.8. The van der Waals surface area contributed by atoms with Crippen LogP contribution < -0.4 is 0 Å². The number of aliphatic hydroxyl groups is 13. The van der Waals surface area contributed by atoms with Crippen LogP contribution in [0.4, 0.5) is 0 Å². The maximum Gasteiger partial charge on any atom is 0.187 e. The Morgan fingerprint density at radius 1 is 0.400 bits per heavy atom. The Balaban J connectivity index is 1.48. The van der Waals surface area contributed by atoms with Crippen LogP contribution in [0.15, 0.2) is 0 Å². The Labute approximate surface area is 256 Å². The van der Waals surface area contributed by atoms with E-state index in [0.717, 1.165) is 0 Å². The number of hydrogen-bond acceptors (Lipinski definition) is 20. The van der Waals surface area contributed by atoms with Crippen molar-refractivity contribution in [2.75, 3.05) is 26.4 Å². The summed E-state index contributed by atoms with van der Waals surface area (Å²) in [6.45, 7) is -1.74. The maximum atomic E-state index is 11.1. The zero-order valence-corrected chi connectivity index (χ0v) is 24.0. The number of hydrogen-bond donors (Lipinski definition) is 13. The molecule has 0 saturated carbocycles. The molecule has 45 heavy (non-hydrogen) atoms. The van der Waals surface area contributed by atoms with Gasteiger partial charge in [-0.25, -0.2) is 0 Å². The molecule has 4 heterocycles. The molecule has 9 unspecified atom stereocenters. The number of aliphatic hydroxyl groups excluding tert-OH is 13. The third-order valence-electron chi connectivity index (χ3n) is 8.54. The smallest absolute Gasteiger partial charge is 0.187 e. The van der Waals surface area contributed by atoms with Crippen molar-refractivity contribution in [3.63, 3.8) is 0 Å². The molecular formula is C25H44O20. The SMILES string of the molecule is CC1[C@H](O[C@@H]2C(O)[C@H](O[C@H]3C(O)C(O)C(O)O[C@@H]3CO)OC(CO)[C@@H]2O)OC(CO)[C@H](O[C@H]2O[C@H](CO)[C@@H](O)C(O)C2O)[C@@H]1O. The summed E-state index contributed by atoms with van der Waals surface area (Å²) in [5, 5.41) is 133. The van der Waals surface area contributed by atoms with Crippen LogP contribution in [0.3, 0.4) is 0 Å². The summed E-state index contributed by atoms with van der Waals surface area (Å²) in [4.78, 5) is 0. The van der Waals surface area contributed by atoms with Crippen molar-refractivity contribution >= 4 is 0 Å². The van der Waals surface area contributed by atoms with E-state index in [9.17, 15) is 66.4 Å². The molecule has 20 heteroatoms. The van der Waals surface area contributed by atoms with Crippen molar-refractivity contribution in [2.45, 2.75) is 124 Å². The van der Waals surface area contributed by atoms with Crippen LogP contribution in [-0.2, 0) is 33.2 Å². The van der Waals surface area contributed by atoms with Gasteiger partial charge in [-0.15, -0.1) is 0 Å². The fourth-order valence-corrected chi connectivity index (χ4v) is 5.73. The van der Waals surface area contributed by atoms with Crippen molar-refractivity contribution < 1.29 is 99.5 Å². The van der Waals surface area contributed by atoms with Gasteiger partial charge in [0.25, 0.3) is 0 Å². The van der Waals surface area contributed by atoms with Gasteiger partial charge >= 0.3 is 0 Å². The van der Waals surface area contributed by atoms with Gasteiger partial charge in [0.05, 0.1) is 32.5 Å². The van der Waals surface area contributed by atoms with Crippen molar-refractivity contribution in [3.8, 4) is 0 Å². The topological polar surface area (TPSA) is 328 Å². The average Bonchev–Trinajstić information content (AvgIpc) is 3.03. The molecule has 0 bridgehead atoms. The molecule has 0 amide bonds. The van der Waals surface area contributed by atoms with E-state index in [1.54, 1.807) is 0 Å². The van der Waals surface area contributed by atoms with E-state index >= 15 is 0 Å². The van der Waals surface area contributed by atoms with Crippen LogP contribution in [0.5, 0.6) is 0 Å². The highest BCUT2D eigenvalue weighted by Gasteiger charge is 2.54. The molecule has 0 aromatic carbocycles. The summed E-state index contributed by atoms with van der Waals surface area (Å²) in [7, 11) is 0. The van der Waals surface area contributed by atoms with E-state index in [-0.39, 0.29) is 0 Å². The van der Waals surface area contributed by atoms with E-state index in [2.05, 4.69) is 0 Å². The minimum absolute atomic E-state index is 0.741. The van der Waals surface area contributed by atoms with Gasteiger partial charge in [-0.1, -0.05) is 6.92 Å². The fraction of sp³-hybridized carbons (Fsp3) is 1.00. The first-order chi connectivity index (χ1) is 21.3. The summed E-state index contributed by atoms with van der Waals surface area (Å²) >= 11 is 0. The number of ether oxygens (including phenoxy) is 7. The van der Waals surface area contributed by atoms with E-state index in [1.165, 1.54) is 6.92 Å². The Morgan fingerprint density at radius 2 is 0.844 bits per heavy atom. The molecular weight excluding hydrogens is 620 g/mol. The molecule has 4 saturated heterocycles. The highest BCUT2D eigenvalue weighted by molar-refractivity contribution is 4.97. The molecule has 4 aliphatic rings. The molecule has 13 N–H and O–H groups in total. The van der Waals surface area contributed by atoms with Crippen LogP contribution in [-0.4, -0.2) is 210 Å². The molecule has 4 rings (SSSR count). The Bertz CT molecular complexity index is 912. The van der Waals surface area contributed by atoms with Crippen molar-refractivity contribution in [3.05, 3.63) is 0 Å². The zero-order valence-electron chi connectivity index (χ0n) is 24.0. The van der Waals surface area contributed by atoms with Gasteiger partial charge in [-0.2, -0.15) is 0 Å². The predicted molar refractivity (Wildman–Crippen MR) is 137 cm³/mol. The first-order valence-electron chi connectivity index (χ1n) is 14.4. The average molecular weight is 665 g/mol. The van der Waals surface area contributed by atoms with Crippen LogP contribution in [0.1, 0.15) is 6.92 Å². The molecule has 4 fully saturated rings. The molecule has 264 valence electrons. The second kappa shape index (κ2) is 15.6. The van der Waals surface area contributed by atoms with Gasteiger partial charge in [0.15, 0.2) is 25.2 Å². The minimum atomic E-state index is -1.90. The van der Waals surface area contributed by atoms with Gasteiger partial charge in [0.1, 0.15) is 85.5 Å². The van der Waals surface area contributed by atoms with Crippen LogP contribution >= 0.6 is 0 Å². The Morgan fingerprint density at radius 3 is 1.40 bits per heavy atom. The van der Waals surface area contributed by atoms with Crippen LogP contribution in [0.2, 0.25) is 0 Å². The van der Waals surface area contributed by atoms with E-state index < -0.39 is 149 Å². The molecule has 20 nitrogen and oxygen atoms in total. The van der Waals surface area contributed by atoms with Gasteiger partial charge in [0.2, 0.25) is 0 Å². The molecule has 0 aliphatic carbocycles. The monoisotopic (exact) mass is 664 g/mol. The molecule has 0 aromatic rings. The lowest BCUT2D eigenvalue weighted by Gasteiger charge is -2.49. The highest BCUT2D eigenvalue weighted by Crippen LogP contribution is 2.36. The second-order valence-corrected chi connectivity index (χ2v) is 11.5. The quantitative estimate of drug-likeness (QED) is 0.103. The predicted octanol–water partition coefficient (Wildman–Crippen LogP) is -8.47. The maximum absolute atomic E-state index is 11.1. The highest BCUT2D eigenvalue weighted by atomic mass is 16.8. The normalized spacial score (nSPS) is 52.9. The summed E-state index contributed by atoms with van der Waals surface area (Å²) in [6, 6.07) is 0. The van der Waals surface area contributed by atoms with Gasteiger partial charge < -0.3 is 99.5 Å². The van der Waals surface area contributed by atoms with Gasteiger partial charge in [-0.3, -0.25) is 0 Å². The summed E-state index contributed by atoms with van der Waals surface area (Å²) in [5.74, 6) is -1.05. The van der Waals surface area contributed by atoms with Gasteiger partial charge in [-0.05, 0) is 0 Å². The van der Waals surface area contributed by atoms with E-state index in [1.807, 2.05) is 0 Å². The van der Waals surface area contributed by atoms with Crippen molar-refractivity contribution in [1.82, 2.24) is 0 Å². The standard InChI is InChI=1S/C25H44O20/c1-6-11(30)19(43-24-17(36)14(33)12(31)7(2-26)40-24)10(5-29)42-23(6)45-21-13(32)8(3-27)41-25(18(21)37)44-20-9(4-28)39-22(38)16(35)15(20)34/h6-38H,2-5H2,1H3/t6?,7-,8?,9-,10?,11-,12-,13+,14?,15?,16?,17?,18?,19+,20-,21+,22?,23+,24-,25+/m1/s1. The van der Waals surface area contributed by atoms with Crippen LogP contribution in [0, 0.1) is 5.92 Å². The van der Waals surface area contributed by atoms with Gasteiger partial charge in [0, 0.05) is 5.92 Å². The molecule has 0 spiro atoms. The first kappa shape index (κ1) is 37.0. The molecule has 4 aliphatic heterocycles. The van der Waals surface area contributed by atoms with Crippen molar-refractivity contribution in [2.24, 2.45) is 5.92 Å². The molecule has 20 atom stereocenters.